The van der Waals surface area contributed by atoms with E-state index in [2.05, 4.69) is 17.1 Å². The highest BCUT2D eigenvalue weighted by Gasteiger charge is 2.43. The number of nitrogens with zero attached hydrogens (tertiary/aromatic N) is 2. The van der Waals surface area contributed by atoms with Crippen LogP contribution < -0.4 is 5.32 Å². The summed E-state index contributed by atoms with van der Waals surface area (Å²) < 4.78 is 0. The fraction of sp³-hybridized carbons (Fsp3) is 0.933. The fourth-order valence-electron chi connectivity index (χ4n) is 3.39. The van der Waals surface area contributed by atoms with E-state index in [-0.39, 0.29) is 0 Å². The summed E-state index contributed by atoms with van der Waals surface area (Å²) in [4.78, 5) is 7.34. The molecule has 0 amide bonds. The molecule has 3 aliphatic rings. The summed E-state index contributed by atoms with van der Waals surface area (Å²) in [6, 6.07) is 0. The first-order valence-electron chi connectivity index (χ1n) is 7.85. The van der Waals surface area contributed by atoms with Gasteiger partial charge in [0.15, 0.2) is 5.96 Å². The second-order valence-corrected chi connectivity index (χ2v) is 6.49. The standard InChI is InChI=1S/C15H27N3/c1-2-16-14(17-10-6-13-4-5-13)18-11-9-15(12-18)7-3-8-15/h13H,2-12H2,1H3,(H,16,17). The Balaban J connectivity index is 1.54. The maximum Gasteiger partial charge on any atom is 0.193 e. The van der Waals surface area contributed by atoms with Crippen molar-refractivity contribution >= 4 is 5.96 Å². The van der Waals surface area contributed by atoms with Crippen LogP contribution in [0.4, 0.5) is 0 Å². The van der Waals surface area contributed by atoms with E-state index in [1.807, 2.05) is 0 Å². The maximum atomic E-state index is 4.83. The monoisotopic (exact) mass is 249 g/mol. The number of likely N-dealkylation sites (tertiary alicyclic amines) is 1. The molecule has 18 heavy (non-hydrogen) atoms. The zero-order chi connectivity index (χ0) is 12.4. The molecule has 3 rings (SSSR count). The largest absolute Gasteiger partial charge is 0.357 e. The molecular weight excluding hydrogens is 222 g/mol. The van der Waals surface area contributed by atoms with Crippen molar-refractivity contribution in [1.29, 1.82) is 0 Å². The number of aliphatic imine (C=N–C) groups is 1. The number of hydrogen-bond acceptors (Lipinski definition) is 1. The van der Waals surface area contributed by atoms with E-state index in [9.17, 15) is 0 Å². The molecule has 3 fully saturated rings. The van der Waals surface area contributed by atoms with Gasteiger partial charge in [0.2, 0.25) is 0 Å². The summed E-state index contributed by atoms with van der Waals surface area (Å²) in [5.41, 5.74) is 0.673. The SMILES string of the molecule is CCNC(=NCCC1CC1)N1CCC2(CCC2)C1. The Morgan fingerprint density at radius 2 is 2.17 bits per heavy atom. The quantitative estimate of drug-likeness (QED) is 0.612. The lowest BCUT2D eigenvalue weighted by Gasteiger charge is -2.38. The summed E-state index contributed by atoms with van der Waals surface area (Å²) >= 11 is 0. The molecule has 2 aliphatic carbocycles. The first kappa shape index (κ1) is 12.3. The first-order chi connectivity index (χ1) is 8.81. The van der Waals surface area contributed by atoms with Gasteiger partial charge in [-0.15, -0.1) is 0 Å². The van der Waals surface area contributed by atoms with Crippen LogP contribution in [0.25, 0.3) is 0 Å². The van der Waals surface area contributed by atoms with Crippen molar-refractivity contribution in [1.82, 2.24) is 10.2 Å². The maximum absolute atomic E-state index is 4.83. The normalized spacial score (nSPS) is 26.5. The van der Waals surface area contributed by atoms with Gasteiger partial charge in [-0.05, 0) is 43.9 Å². The van der Waals surface area contributed by atoms with Gasteiger partial charge in [0.05, 0.1) is 0 Å². The van der Waals surface area contributed by atoms with Gasteiger partial charge in [-0.2, -0.15) is 0 Å². The van der Waals surface area contributed by atoms with Crippen LogP contribution in [0.1, 0.15) is 51.9 Å². The van der Waals surface area contributed by atoms with Gasteiger partial charge in [-0.3, -0.25) is 4.99 Å². The third-order valence-corrected chi connectivity index (χ3v) is 4.98. The number of hydrogen-bond donors (Lipinski definition) is 1. The van der Waals surface area contributed by atoms with Crippen molar-refractivity contribution < 1.29 is 0 Å². The van der Waals surface area contributed by atoms with Gasteiger partial charge in [-0.1, -0.05) is 19.3 Å². The number of guanidine groups is 1. The molecule has 3 nitrogen and oxygen atoms in total. The molecule has 0 atom stereocenters. The van der Waals surface area contributed by atoms with E-state index in [4.69, 9.17) is 4.99 Å². The predicted octanol–water partition coefficient (Wildman–Crippen LogP) is 2.63. The molecule has 102 valence electrons. The molecule has 1 spiro atoms. The molecule has 0 aromatic rings. The third kappa shape index (κ3) is 2.65. The lowest BCUT2D eigenvalue weighted by atomic mass is 9.68. The Morgan fingerprint density at radius 3 is 2.72 bits per heavy atom. The Labute approximate surface area is 111 Å². The zero-order valence-electron chi connectivity index (χ0n) is 11.7. The average molecular weight is 249 g/mol. The van der Waals surface area contributed by atoms with E-state index in [1.54, 1.807) is 0 Å². The van der Waals surface area contributed by atoms with E-state index in [0.717, 1.165) is 19.0 Å². The van der Waals surface area contributed by atoms with E-state index >= 15 is 0 Å². The average Bonchev–Trinajstić information content (AvgIpc) is 3.03. The molecule has 1 heterocycles. The molecule has 0 bridgehead atoms. The van der Waals surface area contributed by atoms with Crippen LogP contribution >= 0.6 is 0 Å². The molecule has 3 heteroatoms. The van der Waals surface area contributed by atoms with E-state index in [0.29, 0.717) is 5.41 Å². The fourth-order valence-corrected chi connectivity index (χ4v) is 3.39. The second-order valence-electron chi connectivity index (χ2n) is 6.49. The highest BCUT2D eigenvalue weighted by atomic mass is 15.3. The van der Waals surface area contributed by atoms with Crippen LogP contribution in [0, 0.1) is 11.3 Å². The van der Waals surface area contributed by atoms with Crippen LogP contribution in [0.3, 0.4) is 0 Å². The second kappa shape index (κ2) is 5.10. The summed E-state index contributed by atoms with van der Waals surface area (Å²) in [6.45, 7) is 6.66. The van der Waals surface area contributed by atoms with Crippen LogP contribution in [0.5, 0.6) is 0 Å². The van der Waals surface area contributed by atoms with Crippen molar-refractivity contribution in [3.63, 3.8) is 0 Å². The van der Waals surface area contributed by atoms with E-state index in [1.165, 1.54) is 64.0 Å². The molecule has 1 N–H and O–H groups in total. The van der Waals surface area contributed by atoms with Gasteiger partial charge in [0.25, 0.3) is 0 Å². The Kier molecular flexibility index (Phi) is 3.49. The molecule has 0 aromatic carbocycles. The summed E-state index contributed by atoms with van der Waals surface area (Å²) in [5, 5.41) is 3.48. The smallest absolute Gasteiger partial charge is 0.193 e. The number of nitrogens with one attached hydrogen (secondary N) is 1. The summed E-state index contributed by atoms with van der Waals surface area (Å²) in [6.07, 6.45) is 9.92. The Morgan fingerprint density at radius 1 is 1.33 bits per heavy atom. The topological polar surface area (TPSA) is 27.6 Å². The highest BCUT2D eigenvalue weighted by molar-refractivity contribution is 5.80. The predicted molar refractivity (Wildman–Crippen MR) is 75.8 cm³/mol. The van der Waals surface area contributed by atoms with Crippen LogP contribution in [-0.2, 0) is 0 Å². The van der Waals surface area contributed by atoms with Crippen molar-refractivity contribution in [3.05, 3.63) is 0 Å². The van der Waals surface area contributed by atoms with Gasteiger partial charge in [0.1, 0.15) is 0 Å². The summed E-state index contributed by atoms with van der Waals surface area (Å²) in [5.74, 6) is 2.18. The molecule has 1 saturated heterocycles. The summed E-state index contributed by atoms with van der Waals surface area (Å²) in [7, 11) is 0. The van der Waals surface area contributed by atoms with Crippen LogP contribution in [0.2, 0.25) is 0 Å². The van der Waals surface area contributed by atoms with Crippen molar-refractivity contribution in [2.45, 2.75) is 51.9 Å². The molecule has 0 radical (unpaired) electrons. The number of rotatable bonds is 4. The minimum absolute atomic E-state index is 0.673. The lowest BCUT2D eigenvalue weighted by molar-refractivity contribution is 0.151. The van der Waals surface area contributed by atoms with Crippen LogP contribution in [0.15, 0.2) is 4.99 Å². The first-order valence-corrected chi connectivity index (χ1v) is 7.85. The molecule has 0 unspecified atom stereocenters. The van der Waals surface area contributed by atoms with Gasteiger partial charge < -0.3 is 10.2 Å². The van der Waals surface area contributed by atoms with Gasteiger partial charge in [-0.25, -0.2) is 0 Å². The van der Waals surface area contributed by atoms with Gasteiger partial charge >= 0.3 is 0 Å². The Bertz CT molecular complexity index is 316. The molecule has 2 saturated carbocycles. The Hall–Kier alpha value is -0.730. The minimum atomic E-state index is 0.673. The molecular formula is C15H27N3. The van der Waals surface area contributed by atoms with Crippen LogP contribution in [-0.4, -0.2) is 37.0 Å². The van der Waals surface area contributed by atoms with E-state index < -0.39 is 0 Å². The van der Waals surface area contributed by atoms with Crippen molar-refractivity contribution in [2.24, 2.45) is 16.3 Å². The molecule has 0 aromatic heterocycles. The lowest BCUT2D eigenvalue weighted by Crippen LogP contribution is -2.42. The minimum Gasteiger partial charge on any atom is -0.357 e. The zero-order valence-corrected chi connectivity index (χ0v) is 11.7. The molecule has 1 aliphatic heterocycles. The highest BCUT2D eigenvalue weighted by Crippen LogP contribution is 2.47. The third-order valence-electron chi connectivity index (χ3n) is 4.98. The van der Waals surface area contributed by atoms with Crippen molar-refractivity contribution in [3.8, 4) is 0 Å². The van der Waals surface area contributed by atoms with Gasteiger partial charge in [0, 0.05) is 26.2 Å². The van der Waals surface area contributed by atoms with Crippen molar-refractivity contribution in [2.75, 3.05) is 26.2 Å².